The van der Waals surface area contributed by atoms with Gasteiger partial charge in [-0.15, -0.1) is 0 Å². The molecular formula is C23H37FN4O. The number of hydrogen-bond acceptors (Lipinski definition) is 3. The van der Waals surface area contributed by atoms with Gasteiger partial charge in [0.25, 0.3) is 0 Å². The van der Waals surface area contributed by atoms with Gasteiger partial charge < -0.3 is 20.6 Å². The molecule has 1 aliphatic carbocycles. The number of aliphatic hydroxyl groups is 1. The van der Waals surface area contributed by atoms with E-state index in [1.165, 1.54) is 32.1 Å². The summed E-state index contributed by atoms with van der Waals surface area (Å²) in [5.41, 5.74) is 1.50. The van der Waals surface area contributed by atoms with Crippen LogP contribution in [0, 0.1) is 11.7 Å². The molecule has 1 heterocycles. The molecule has 162 valence electrons. The average Bonchev–Trinajstić information content (AvgIpc) is 2.74. The molecule has 5 nitrogen and oxygen atoms in total. The number of rotatable bonds is 6. The first kappa shape index (κ1) is 21.9. The number of piperidine rings is 1. The van der Waals surface area contributed by atoms with Crippen LogP contribution in [0.15, 0.2) is 23.2 Å². The summed E-state index contributed by atoms with van der Waals surface area (Å²) >= 11 is 0. The Labute approximate surface area is 174 Å². The topological polar surface area (TPSA) is 59.9 Å². The molecule has 0 amide bonds. The maximum atomic E-state index is 14.7. The van der Waals surface area contributed by atoms with Crippen LogP contribution >= 0.6 is 0 Å². The molecule has 6 heteroatoms. The maximum absolute atomic E-state index is 14.7. The third-order valence-electron chi connectivity index (χ3n) is 6.35. The zero-order valence-electron chi connectivity index (χ0n) is 18.0. The van der Waals surface area contributed by atoms with Crippen LogP contribution in [-0.4, -0.2) is 42.8 Å². The molecule has 0 radical (unpaired) electrons. The Bertz CT molecular complexity index is 665. The summed E-state index contributed by atoms with van der Waals surface area (Å²) in [4.78, 5) is 6.71. The fourth-order valence-electron chi connectivity index (χ4n) is 4.41. The van der Waals surface area contributed by atoms with Crippen LogP contribution in [0.2, 0.25) is 0 Å². The molecule has 0 atom stereocenters. The number of nitrogens with one attached hydrogen (secondary N) is 2. The van der Waals surface area contributed by atoms with Crippen LogP contribution < -0.4 is 15.5 Å². The number of halogens is 1. The lowest BCUT2D eigenvalue weighted by atomic mass is 9.84. The van der Waals surface area contributed by atoms with Gasteiger partial charge >= 0.3 is 0 Å². The summed E-state index contributed by atoms with van der Waals surface area (Å²) < 4.78 is 14.7. The highest BCUT2D eigenvalue weighted by molar-refractivity contribution is 5.80. The Balaban J connectivity index is 1.58. The van der Waals surface area contributed by atoms with Crippen molar-refractivity contribution in [2.24, 2.45) is 10.9 Å². The van der Waals surface area contributed by atoms with E-state index >= 15 is 0 Å². The molecule has 29 heavy (non-hydrogen) atoms. The normalized spacial score (nSPS) is 23.9. The van der Waals surface area contributed by atoms with Gasteiger partial charge in [-0.3, -0.25) is 0 Å². The molecule has 3 rings (SSSR count). The highest BCUT2D eigenvalue weighted by atomic mass is 19.1. The van der Waals surface area contributed by atoms with Gasteiger partial charge in [0.1, 0.15) is 5.82 Å². The molecule has 2 aliphatic rings. The minimum absolute atomic E-state index is 0.204. The van der Waals surface area contributed by atoms with Crippen LogP contribution in [0.5, 0.6) is 0 Å². The second-order valence-electron chi connectivity index (χ2n) is 8.47. The SMILES string of the molecule is CCNC(=NCc1ccc(N2CCC(O)CC2)c(F)c1)NC1CCC(CC)CC1. The van der Waals surface area contributed by atoms with E-state index in [0.717, 1.165) is 24.0 Å². The van der Waals surface area contributed by atoms with Gasteiger partial charge in [-0.1, -0.05) is 19.4 Å². The predicted octanol–water partition coefficient (Wildman–Crippen LogP) is 3.81. The Morgan fingerprint density at radius 1 is 1.14 bits per heavy atom. The number of benzene rings is 1. The van der Waals surface area contributed by atoms with E-state index in [4.69, 9.17) is 4.99 Å². The number of aliphatic hydroxyl groups excluding tert-OH is 1. The lowest BCUT2D eigenvalue weighted by molar-refractivity contribution is 0.145. The lowest BCUT2D eigenvalue weighted by Gasteiger charge is -2.31. The van der Waals surface area contributed by atoms with Gasteiger partial charge in [-0.05, 0) is 69.1 Å². The Morgan fingerprint density at radius 3 is 2.48 bits per heavy atom. The van der Waals surface area contributed by atoms with E-state index in [1.54, 1.807) is 6.07 Å². The molecule has 1 aliphatic heterocycles. The van der Waals surface area contributed by atoms with E-state index in [2.05, 4.69) is 24.5 Å². The zero-order chi connectivity index (χ0) is 20.6. The van der Waals surface area contributed by atoms with Crippen molar-refractivity contribution in [1.82, 2.24) is 10.6 Å². The van der Waals surface area contributed by atoms with E-state index < -0.39 is 0 Å². The second-order valence-corrected chi connectivity index (χ2v) is 8.47. The van der Waals surface area contributed by atoms with Crippen molar-refractivity contribution in [1.29, 1.82) is 0 Å². The van der Waals surface area contributed by atoms with Crippen molar-refractivity contribution < 1.29 is 9.50 Å². The van der Waals surface area contributed by atoms with Crippen molar-refractivity contribution in [2.75, 3.05) is 24.5 Å². The van der Waals surface area contributed by atoms with E-state index in [9.17, 15) is 9.50 Å². The van der Waals surface area contributed by atoms with Crippen LogP contribution in [0.1, 0.15) is 64.4 Å². The second kappa shape index (κ2) is 10.8. The summed E-state index contributed by atoms with van der Waals surface area (Å²) in [6.07, 6.45) is 7.37. The third-order valence-corrected chi connectivity index (χ3v) is 6.35. The predicted molar refractivity (Wildman–Crippen MR) is 118 cm³/mol. The Kier molecular flexibility index (Phi) is 8.16. The molecule has 0 aromatic heterocycles. The van der Waals surface area contributed by atoms with Gasteiger partial charge in [0, 0.05) is 25.7 Å². The number of hydrogen-bond donors (Lipinski definition) is 3. The van der Waals surface area contributed by atoms with Gasteiger partial charge in [-0.2, -0.15) is 0 Å². The first-order valence-corrected chi connectivity index (χ1v) is 11.3. The van der Waals surface area contributed by atoms with Crippen LogP contribution in [-0.2, 0) is 6.54 Å². The van der Waals surface area contributed by atoms with Gasteiger partial charge in [-0.25, -0.2) is 9.38 Å². The first-order valence-electron chi connectivity index (χ1n) is 11.3. The van der Waals surface area contributed by atoms with Crippen molar-refractivity contribution in [2.45, 2.75) is 77.5 Å². The molecule has 1 aromatic carbocycles. The van der Waals surface area contributed by atoms with Crippen LogP contribution in [0.4, 0.5) is 10.1 Å². The molecule has 2 fully saturated rings. The van der Waals surface area contributed by atoms with Crippen molar-refractivity contribution >= 4 is 11.6 Å². The summed E-state index contributed by atoms with van der Waals surface area (Å²) in [6, 6.07) is 5.89. The van der Waals surface area contributed by atoms with E-state index in [1.807, 2.05) is 17.0 Å². The smallest absolute Gasteiger partial charge is 0.191 e. The minimum Gasteiger partial charge on any atom is -0.393 e. The molecular weight excluding hydrogens is 367 g/mol. The summed E-state index contributed by atoms with van der Waals surface area (Å²) in [5.74, 6) is 1.49. The maximum Gasteiger partial charge on any atom is 0.191 e. The monoisotopic (exact) mass is 404 g/mol. The first-order chi connectivity index (χ1) is 14.1. The number of nitrogens with zero attached hydrogens (tertiary/aromatic N) is 2. The van der Waals surface area contributed by atoms with Crippen molar-refractivity contribution in [3.8, 4) is 0 Å². The van der Waals surface area contributed by atoms with Crippen molar-refractivity contribution in [3.63, 3.8) is 0 Å². The fourth-order valence-corrected chi connectivity index (χ4v) is 4.41. The average molecular weight is 405 g/mol. The molecule has 0 spiro atoms. The minimum atomic E-state index is -0.253. The quantitative estimate of drug-likeness (QED) is 0.498. The van der Waals surface area contributed by atoms with Gasteiger partial charge in [0.05, 0.1) is 18.3 Å². The number of guanidine groups is 1. The number of anilines is 1. The van der Waals surface area contributed by atoms with Gasteiger partial charge in [0.2, 0.25) is 0 Å². The molecule has 0 bridgehead atoms. The molecule has 3 N–H and O–H groups in total. The summed E-state index contributed by atoms with van der Waals surface area (Å²) in [7, 11) is 0. The Hall–Kier alpha value is -1.82. The van der Waals surface area contributed by atoms with Crippen molar-refractivity contribution in [3.05, 3.63) is 29.6 Å². The largest absolute Gasteiger partial charge is 0.393 e. The fraction of sp³-hybridized carbons (Fsp3) is 0.696. The highest BCUT2D eigenvalue weighted by Gasteiger charge is 2.21. The van der Waals surface area contributed by atoms with Crippen LogP contribution in [0.3, 0.4) is 0 Å². The standard InChI is InChI=1S/C23H37FN4O/c1-3-17-5-8-19(9-6-17)27-23(25-4-2)26-16-18-7-10-22(21(24)15-18)28-13-11-20(29)12-14-28/h7,10,15,17,19-20,29H,3-6,8-9,11-14,16H2,1-2H3,(H2,25,26,27). The Morgan fingerprint density at radius 2 is 1.86 bits per heavy atom. The van der Waals surface area contributed by atoms with Gasteiger partial charge in [0.15, 0.2) is 5.96 Å². The van der Waals surface area contributed by atoms with Crippen LogP contribution in [0.25, 0.3) is 0 Å². The highest BCUT2D eigenvalue weighted by Crippen LogP contribution is 2.27. The summed E-state index contributed by atoms with van der Waals surface area (Å²) in [5, 5.41) is 16.5. The summed E-state index contributed by atoms with van der Waals surface area (Å²) in [6.45, 7) is 7.01. The van der Waals surface area contributed by atoms with E-state index in [0.29, 0.717) is 44.2 Å². The molecule has 1 aromatic rings. The van der Waals surface area contributed by atoms with E-state index in [-0.39, 0.29) is 11.9 Å². The molecule has 0 unspecified atom stereocenters. The zero-order valence-corrected chi connectivity index (χ0v) is 18.0. The molecule has 1 saturated carbocycles. The third kappa shape index (κ3) is 6.33. The number of aliphatic imine (C=N–C) groups is 1. The lowest BCUT2D eigenvalue weighted by Crippen LogP contribution is -2.44. The molecule has 1 saturated heterocycles.